The van der Waals surface area contributed by atoms with E-state index in [-0.39, 0.29) is 17.8 Å². The highest BCUT2D eigenvalue weighted by atomic mass is 32.2. The van der Waals surface area contributed by atoms with Gasteiger partial charge in [0.25, 0.3) is 0 Å². The molecule has 0 aliphatic rings. The van der Waals surface area contributed by atoms with Crippen LogP contribution in [0.3, 0.4) is 0 Å². The number of carbonyl (C=O) groups is 2. The number of aromatic nitrogens is 3. The van der Waals surface area contributed by atoms with E-state index in [2.05, 4.69) is 15.5 Å². The van der Waals surface area contributed by atoms with E-state index in [0.717, 1.165) is 27.3 Å². The lowest BCUT2D eigenvalue weighted by atomic mass is 10.0. The summed E-state index contributed by atoms with van der Waals surface area (Å²) in [6.07, 6.45) is -0.319. The molecule has 2 aromatic carbocycles. The van der Waals surface area contributed by atoms with Gasteiger partial charge >= 0.3 is 5.97 Å². The molecule has 0 aliphatic heterocycles. The molecule has 10 heteroatoms. The molecule has 0 fully saturated rings. The van der Waals surface area contributed by atoms with Crippen LogP contribution in [0.15, 0.2) is 59.8 Å². The Morgan fingerprint density at radius 2 is 1.87 bits per heavy atom. The quantitative estimate of drug-likeness (QED) is 0.183. The van der Waals surface area contributed by atoms with Crippen LogP contribution >= 0.6 is 23.1 Å². The molecule has 4 aromatic rings. The summed E-state index contributed by atoms with van der Waals surface area (Å²) in [6, 6.07) is 17.4. The first-order valence-electron chi connectivity index (χ1n) is 12.2. The number of anilines is 1. The van der Waals surface area contributed by atoms with Crippen molar-refractivity contribution in [3.8, 4) is 16.9 Å². The number of hydrogen-bond acceptors (Lipinski definition) is 8. The number of amides is 1. The van der Waals surface area contributed by atoms with E-state index < -0.39 is 5.97 Å². The summed E-state index contributed by atoms with van der Waals surface area (Å²) in [6.45, 7) is 8.50. The van der Waals surface area contributed by atoms with Crippen LogP contribution in [0.25, 0.3) is 11.1 Å². The fourth-order valence-corrected chi connectivity index (χ4v) is 6.01. The van der Waals surface area contributed by atoms with Gasteiger partial charge in [-0.05, 0) is 51.0 Å². The van der Waals surface area contributed by atoms with Gasteiger partial charge in [-0.1, -0.05) is 54.2 Å². The summed E-state index contributed by atoms with van der Waals surface area (Å²) in [4.78, 5) is 26.6. The van der Waals surface area contributed by atoms with Crippen molar-refractivity contribution in [2.75, 3.05) is 18.2 Å². The van der Waals surface area contributed by atoms with Crippen molar-refractivity contribution in [3.63, 3.8) is 0 Å². The van der Waals surface area contributed by atoms with Crippen LogP contribution in [-0.4, -0.2) is 39.5 Å². The SMILES string of the molecule is CCn1c(SCC(=O)Nc2sc(C)c(-c3ccccc3)c2C(=O)OC)nnc1C(C)Oc1cccc(C)c1. The number of carbonyl (C=O) groups excluding carboxylic acids is 2. The zero-order valence-electron chi connectivity index (χ0n) is 22.0. The number of esters is 1. The predicted molar refractivity (Wildman–Crippen MR) is 151 cm³/mol. The Morgan fingerprint density at radius 1 is 1.11 bits per heavy atom. The summed E-state index contributed by atoms with van der Waals surface area (Å²) >= 11 is 2.64. The van der Waals surface area contributed by atoms with Crippen molar-refractivity contribution < 1.29 is 19.1 Å². The topological polar surface area (TPSA) is 95.3 Å². The maximum Gasteiger partial charge on any atom is 0.341 e. The average molecular weight is 551 g/mol. The fraction of sp³-hybridized carbons (Fsp3) is 0.286. The molecule has 1 unspecified atom stereocenters. The Hall–Kier alpha value is -3.63. The van der Waals surface area contributed by atoms with Gasteiger partial charge < -0.3 is 19.4 Å². The van der Waals surface area contributed by atoms with Crippen molar-refractivity contribution in [1.29, 1.82) is 0 Å². The van der Waals surface area contributed by atoms with Gasteiger partial charge in [0.05, 0.1) is 12.9 Å². The maximum atomic E-state index is 13.0. The highest BCUT2D eigenvalue weighted by Crippen LogP contribution is 2.40. The number of nitrogens with one attached hydrogen (secondary N) is 1. The van der Waals surface area contributed by atoms with Crippen LogP contribution in [0.2, 0.25) is 0 Å². The molecule has 2 heterocycles. The standard InChI is InChI=1S/C28H30N4O4S2/c1-6-32-25(18(3)36-21-14-10-11-17(2)15-21)30-31-28(32)37-16-22(33)29-26-24(27(34)35-5)23(19(4)38-26)20-12-8-7-9-13-20/h7-15,18H,6,16H2,1-5H3,(H,29,33). The summed E-state index contributed by atoms with van der Waals surface area (Å²) in [5.74, 6) is 0.806. The Kier molecular flexibility index (Phi) is 8.85. The van der Waals surface area contributed by atoms with Gasteiger partial charge in [-0.15, -0.1) is 21.5 Å². The minimum Gasteiger partial charge on any atom is -0.483 e. The largest absolute Gasteiger partial charge is 0.483 e. The molecule has 1 atom stereocenters. The van der Waals surface area contributed by atoms with E-state index in [0.29, 0.717) is 28.1 Å². The zero-order valence-corrected chi connectivity index (χ0v) is 23.6. The van der Waals surface area contributed by atoms with E-state index in [1.54, 1.807) is 0 Å². The summed E-state index contributed by atoms with van der Waals surface area (Å²) in [7, 11) is 1.34. The highest BCUT2D eigenvalue weighted by Gasteiger charge is 2.25. The molecule has 38 heavy (non-hydrogen) atoms. The molecule has 0 saturated heterocycles. The number of rotatable bonds is 10. The highest BCUT2D eigenvalue weighted by molar-refractivity contribution is 7.99. The smallest absolute Gasteiger partial charge is 0.341 e. The maximum absolute atomic E-state index is 13.0. The van der Waals surface area contributed by atoms with Gasteiger partial charge in [-0.3, -0.25) is 4.79 Å². The summed E-state index contributed by atoms with van der Waals surface area (Å²) in [5.41, 5.74) is 3.13. The number of methoxy groups -OCH3 is 1. The molecule has 1 N–H and O–H groups in total. The van der Waals surface area contributed by atoms with E-state index >= 15 is 0 Å². The molecule has 0 bridgehead atoms. The lowest BCUT2D eigenvalue weighted by Gasteiger charge is -2.16. The molecular weight excluding hydrogens is 520 g/mol. The molecule has 4 rings (SSSR count). The molecule has 0 radical (unpaired) electrons. The third-order valence-electron chi connectivity index (χ3n) is 5.85. The van der Waals surface area contributed by atoms with Crippen LogP contribution in [0.1, 0.15) is 46.6 Å². The van der Waals surface area contributed by atoms with Crippen LogP contribution in [-0.2, 0) is 16.1 Å². The molecule has 1 amide bonds. The minimum absolute atomic E-state index is 0.101. The summed E-state index contributed by atoms with van der Waals surface area (Å²) < 4.78 is 13.1. The Labute approximate surface area is 230 Å². The third-order valence-corrected chi connectivity index (χ3v) is 7.84. The minimum atomic E-state index is -0.492. The lowest BCUT2D eigenvalue weighted by molar-refractivity contribution is -0.113. The second-order valence-electron chi connectivity index (χ2n) is 8.59. The Bertz CT molecular complexity index is 1430. The number of ether oxygens (including phenoxy) is 2. The lowest BCUT2D eigenvalue weighted by Crippen LogP contribution is -2.17. The third kappa shape index (κ3) is 6.08. The van der Waals surface area contributed by atoms with E-state index in [9.17, 15) is 9.59 Å². The average Bonchev–Trinajstić information content (AvgIpc) is 3.47. The second-order valence-corrected chi connectivity index (χ2v) is 10.8. The van der Waals surface area contributed by atoms with Crippen molar-refractivity contribution in [2.24, 2.45) is 0 Å². The number of hydrogen-bond donors (Lipinski definition) is 1. The second kappa shape index (κ2) is 12.3. The van der Waals surface area contributed by atoms with Crippen LogP contribution in [0.5, 0.6) is 5.75 Å². The molecule has 0 aliphatic carbocycles. The van der Waals surface area contributed by atoms with Crippen molar-refractivity contribution in [3.05, 3.63) is 76.4 Å². The van der Waals surface area contributed by atoms with Crippen molar-refractivity contribution in [2.45, 2.75) is 45.5 Å². The first kappa shape index (κ1) is 27.4. The van der Waals surface area contributed by atoms with Gasteiger partial charge in [0, 0.05) is 17.0 Å². The molecule has 0 spiro atoms. The Morgan fingerprint density at radius 3 is 2.55 bits per heavy atom. The van der Waals surface area contributed by atoms with Crippen molar-refractivity contribution in [1.82, 2.24) is 14.8 Å². The number of benzene rings is 2. The van der Waals surface area contributed by atoms with Gasteiger partial charge in [0.15, 0.2) is 17.1 Å². The first-order chi connectivity index (χ1) is 18.3. The fourth-order valence-electron chi connectivity index (χ4n) is 4.13. The summed E-state index contributed by atoms with van der Waals surface area (Å²) in [5, 5.41) is 12.6. The molecular formula is C28H30N4O4S2. The number of nitrogens with zero attached hydrogens (tertiary/aromatic N) is 3. The van der Waals surface area contributed by atoms with Crippen molar-refractivity contribution >= 4 is 40.0 Å². The first-order valence-corrected chi connectivity index (χ1v) is 14.0. The van der Waals surface area contributed by atoms with E-state index in [4.69, 9.17) is 9.47 Å². The van der Waals surface area contributed by atoms with E-state index in [1.807, 2.05) is 86.9 Å². The monoisotopic (exact) mass is 550 g/mol. The number of thiophene rings is 1. The van der Waals surface area contributed by atoms with Crippen LogP contribution in [0.4, 0.5) is 5.00 Å². The molecule has 8 nitrogen and oxygen atoms in total. The molecule has 2 aromatic heterocycles. The molecule has 0 saturated carbocycles. The normalized spacial score (nSPS) is 11.7. The predicted octanol–water partition coefficient (Wildman–Crippen LogP) is 6.30. The number of thioether (sulfide) groups is 1. The number of aryl methyl sites for hydroxylation is 2. The van der Waals surface area contributed by atoms with Gasteiger partial charge in [-0.25, -0.2) is 4.79 Å². The van der Waals surface area contributed by atoms with Gasteiger partial charge in [0.2, 0.25) is 5.91 Å². The Balaban J connectivity index is 1.48. The van der Waals surface area contributed by atoms with Crippen LogP contribution in [0, 0.1) is 13.8 Å². The van der Waals surface area contributed by atoms with Gasteiger partial charge in [0.1, 0.15) is 16.3 Å². The van der Waals surface area contributed by atoms with E-state index in [1.165, 1.54) is 30.2 Å². The molecule has 198 valence electrons. The van der Waals surface area contributed by atoms with Gasteiger partial charge in [-0.2, -0.15) is 0 Å². The zero-order chi connectivity index (χ0) is 27.2. The van der Waals surface area contributed by atoms with Crippen LogP contribution < -0.4 is 10.1 Å².